The highest BCUT2D eigenvalue weighted by molar-refractivity contribution is 6.11. The molecule has 0 N–H and O–H groups in total. The fourth-order valence-electron chi connectivity index (χ4n) is 3.47. The predicted molar refractivity (Wildman–Crippen MR) is 83.5 cm³/mol. The summed E-state index contributed by atoms with van der Waals surface area (Å²) in [5, 5.41) is 5.45. The lowest BCUT2D eigenvalue weighted by atomic mass is 9.92. The number of fused-ring (bicyclic) bond motifs is 5. The average Bonchev–Trinajstić information content (AvgIpc) is 2.74. The third-order valence-electron chi connectivity index (χ3n) is 4.34. The summed E-state index contributed by atoms with van der Waals surface area (Å²) in [4.78, 5) is 0. The van der Waals surface area contributed by atoms with Gasteiger partial charge in [-0.15, -0.1) is 0 Å². The first-order valence-electron chi connectivity index (χ1n) is 6.89. The summed E-state index contributed by atoms with van der Waals surface area (Å²) in [7, 11) is 0. The molecule has 1 aliphatic rings. The summed E-state index contributed by atoms with van der Waals surface area (Å²) in [6, 6.07) is 17.8. The molecule has 0 spiro atoms. The Morgan fingerprint density at radius 1 is 0.789 bits per heavy atom. The second-order valence-electron chi connectivity index (χ2n) is 5.55. The average molecular weight is 244 g/mol. The summed E-state index contributed by atoms with van der Waals surface area (Å²) in [6.07, 6.45) is 2.37. The van der Waals surface area contributed by atoms with Crippen molar-refractivity contribution in [3.05, 3.63) is 65.7 Å². The minimum absolute atomic E-state index is 0.547. The van der Waals surface area contributed by atoms with Gasteiger partial charge in [-0.25, -0.2) is 0 Å². The molecule has 0 saturated heterocycles. The lowest BCUT2D eigenvalue weighted by molar-refractivity contribution is 0.992. The van der Waals surface area contributed by atoms with Crippen molar-refractivity contribution in [3.8, 4) is 0 Å². The van der Waals surface area contributed by atoms with Gasteiger partial charge in [0.1, 0.15) is 0 Å². The Morgan fingerprint density at radius 3 is 2.47 bits per heavy atom. The van der Waals surface area contributed by atoms with Crippen molar-refractivity contribution < 1.29 is 0 Å². The van der Waals surface area contributed by atoms with E-state index in [1.165, 1.54) is 38.2 Å². The van der Waals surface area contributed by atoms with E-state index < -0.39 is 0 Å². The van der Waals surface area contributed by atoms with Gasteiger partial charge in [-0.1, -0.05) is 61.5 Å². The fraction of sp³-hybridized carbons (Fsp3) is 0.158. The van der Waals surface area contributed by atoms with Gasteiger partial charge >= 0.3 is 0 Å². The Hall–Kier alpha value is -2.08. The molecule has 19 heavy (non-hydrogen) atoms. The number of hydrogen-bond acceptors (Lipinski definition) is 0. The molecular weight excluding hydrogens is 228 g/mol. The van der Waals surface area contributed by atoms with E-state index in [1.807, 2.05) is 0 Å². The van der Waals surface area contributed by atoms with Crippen LogP contribution < -0.4 is 0 Å². The molecule has 0 heteroatoms. The zero-order valence-corrected chi connectivity index (χ0v) is 11.3. The van der Waals surface area contributed by atoms with Crippen molar-refractivity contribution in [3.63, 3.8) is 0 Å². The molecule has 4 rings (SSSR count). The second-order valence-corrected chi connectivity index (χ2v) is 5.55. The molecule has 1 aliphatic carbocycles. The summed E-state index contributed by atoms with van der Waals surface area (Å²) in [6.45, 7) is 4.51. The van der Waals surface area contributed by atoms with Gasteiger partial charge < -0.3 is 0 Å². The molecular formula is C19H16. The first kappa shape index (κ1) is 10.8. The quantitative estimate of drug-likeness (QED) is 0.457. The number of allylic oxidation sites excluding steroid dienone is 2. The highest BCUT2D eigenvalue weighted by Crippen LogP contribution is 2.41. The molecule has 92 valence electrons. The van der Waals surface area contributed by atoms with Crippen LogP contribution in [0.15, 0.2) is 54.6 Å². The lowest BCUT2D eigenvalue weighted by Crippen LogP contribution is -1.89. The maximum atomic E-state index is 2.37. The fourth-order valence-corrected chi connectivity index (χ4v) is 3.47. The van der Waals surface area contributed by atoms with Crippen LogP contribution in [-0.4, -0.2) is 0 Å². The summed E-state index contributed by atoms with van der Waals surface area (Å²) >= 11 is 0. The van der Waals surface area contributed by atoms with Crippen molar-refractivity contribution in [2.75, 3.05) is 0 Å². The third kappa shape index (κ3) is 1.40. The molecule has 3 aromatic carbocycles. The van der Waals surface area contributed by atoms with E-state index in [9.17, 15) is 0 Å². The van der Waals surface area contributed by atoms with Crippen LogP contribution in [0.3, 0.4) is 0 Å². The summed E-state index contributed by atoms with van der Waals surface area (Å²) < 4.78 is 0. The molecule has 0 radical (unpaired) electrons. The minimum atomic E-state index is 0.547. The Kier molecular flexibility index (Phi) is 2.11. The number of benzene rings is 3. The monoisotopic (exact) mass is 244 g/mol. The Balaban J connectivity index is 2.20. The van der Waals surface area contributed by atoms with Gasteiger partial charge in [-0.3, -0.25) is 0 Å². The number of hydrogen-bond donors (Lipinski definition) is 0. The van der Waals surface area contributed by atoms with Gasteiger partial charge in [0.25, 0.3) is 0 Å². The van der Waals surface area contributed by atoms with Gasteiger partial charge in [0.15, 0.2) is 0 Å². The van der Waals surface area contributed by atoms with Gasteiger partial charge in [0.2, 0.25) is 0 Å². The Labute approximate surface area is 113 Å². The lowest BCUT2D eigenvalue weighted by Gasteiger charge is -2.11. The zero-order valence-electron chi connectivity index (χ0n) is 11.3. The van der Waals surface area contributed by atoms with Crippen LogP contribution in [0.4, 0.5) is 0 Å². The number of rotatable bonds is 0. The first-order valence-corrected chi connectivity index (χ1v) is 6.89. The molecule has 0 bridgehead atoms. The van der Waals surface area contributed by atoms with Gasteiger partial charge in [0.05, 0.1) is 0 Å². The molecule has 1 unspecified atom stereocenters. The minimum Gasteiger partial charge on any atom is -0.0737 e. The van der Waals surface area contributed by atoms with Crippen molar-refractivity contribution in [2.45, 2.75) is 19.8 Å². The maximum Gasteiger partial charge on any atom is 0.000175 e. The van der Waals surface area contributed by atoms with E-state index in [0.29, 0.717) is 5.92 Å². The second kappa shape index (κ2) is 3.71. The van der Waals surface area contributed by atoms with E-state index in [4.69, 9.17) is 0 Å². The van der Waals surface area contributed by atoms with E-state index >= 15 is 0 Å². The zero-order chi connectivity index (χ0) is 13.0. The van der Waals surface area contributed by atoms with Crippen LogP contribution in [0, 0.1) is 0 Å². The van der Waals surface area contributed by atoms with Crippen LogP contribution >= 0.6 is 0 Å². The van der Waals surface area contributed by atoms with Crippen molar-refractivity contribution in [1.29, 1.82) is 0 Å². The molecule has 0 heterocycles. The standard InChI is InChI=1S/C19H16/c1-12-11-13(2)19-15(12)9-10-17-16-6-4-3-5-14(16)7-8-18(17)19/h3-12H,1-2H3. The predicted octanol–water partition coefficient (Wildman–Crippen LogP) is 5.51. The van der Waals surface area contributed by atoms with E-state index in [1.54, 1.807) is 0 Å². The van der Waals surface area contributed by atoms with Crippen LogP contribution in [0.2, 0.25) is 0 Å². The highest BCUT2D eigenvalue weighted by atomic mass is 14.2. The van der Waals surface area contributed by atoms with Gasteiger partial charge in [0, 0.05) is 5.92 Å². The van der Waals surface area contributed by atoms with Crippen LogP contribution in [0.25, 0.3) is 27.1 Å². The van der Waals surface area contributed by atoms with Crippen molar-refractivity contribution >= 4 is 27.1 Å². The maximum absolute atomic E-state index is 2.37. The molecule has 3 aromatic rings. The normalized spacial score (nSPS) is 17.8. The molecule has 0 amide bonds. The first-order chi connectivity index (χ1) is 9.25. The topological polar surface area (TPSA) is 0 Å². The van der Waals surface area contributed by atoms with Crippen LogP contribution in [0.1, 0.15) is 30.9 Å². The van der Waals surface area contributed by atoms with Crippen molar-refractivity contribution in [1.82, 2.24) is 0 Å². The van der Waals surface area contributed by atoms with Gasteiger partial charge in [-0.05, 0) is 45.2 Å². The smallest absolute Gasteiger partial charge is 0.000175 e. The van der Waals surface area contributed by atoms with E-state index in [2.05, 4.69) is 68.5 Å². The SMILES string of the molecule is CC1=CC(C)c2ccc3c(ccc4ccccc43)c21. The van der Waals surface area contributed by atoms with E-state index in [-0.39, 0.29) is 0 Å². The Morgan fingerprint density at radius 2 is 1.58 bits per heavy atom. The molecule has 0 fully saturated rings. The van der Waals surface area contributed by atoms with Crippen molar-refractivity contribution in [2.24, 2.45) is 0 Å². The molecule has 0 nitrogen and oxygen atoms in total. The largest absolute Gasteiger partial charge is 0.0737 e. The molecule has 0 saturated carbocycles. The van der Waals surface area contributed by atoms with Crippen LogP contribution in [-0.2, 0) is 0 Å². The van der Waals surface area contributed by atoms with Gasteiger partial charge in [-0.2, -0.15) is 0 Å². The van der Waals surface area contributed by atoms with Crippen LogP contribution in [0.5, 0.6) is 0 Å². The van der Waals surface area contributed by atoms with E-state index in [0.717, 1.165) is 0 Å². The Bertz CT molecular complexity index is 837. The highest BCUT2D eigenvalue weighted by Gasteiger charge is 2.20. The molecule has 1 atom stereocenters. The summed E-state index contributed by atoms with van der Waals surface area (Å²) in [5.74, 6) is 0.547. The summed E-state index contributed by atoms with van der Waals surface area (Å²) in [5.41, 5.74) is 4.35. The molecule has 0 aliphatic heterocycles. The third-order valence-corrected chi connectivity index (χ3v) is 4.34. The molecule has 0 aromatic heterocycles.